The number of nitro groups is 2. The van der Waals surface area contributed by atoms with Crippen LogP contribution >= 0.6 is 0 Å². The predicted molar refractivity (Wildman–Crippen MR) is 83.6 cm³/mol. The average molecular weight is 406 g/mol. The molecule has 1 saturated carbocycles. The number of rotatable bonds is 8. The first-order valence-electron chi connectivity index (χ1n) is 7.60. The molecular weight excluding hydrogens is 388 g/mol. The Morgan fingerprint density at radius 1 is 0.679 bits per heavy atom. The third-order valence-corrected chi connectivity index (χ3v) is 4.95. The summed E-state index contributed by atoms with van der Waals surface area (Å²) in [6.07, 6.45) is 0. The molecule has 156 valence electrons. The molecule has 0 unspecified atom stereocenters. The maximum atomic E-state index is 12.5. The van der Waals surface area contributed by atoms with Gasteiger partial charge in [0.1, 0.15) is 0 Å². The molecule has 0 aromatic rings. The van der Waals surface area contributed by atoms with Gasteiger partial charge < -0.3 is 18.9 Å². The molecule has 0 bridgehead atoms. The number of ether oxygens (including phenoxy) is 4. The summed E-state index contributed by atoms with van der Waals surface area (Å²) in [5.41, 5.74) is -5.35. The van der Waals surface area contributed by atoms with Gasteiger partial charge in [0.25, 0.3) is 0 Å². The lowest BCUT2D eigenvalue weighted by Crippen LogP contribution is -2.79. The minimum atomic E-state index is -2.67. The Labute approximate surface area is 157 Å². The lowest BCUT2D eigenvalue weighted by atomic mass is 9.38. The highest BCUT2D eigenvalue weighted by atomic mass is 16.6. The second-order valence-electron chi connectivity index (χ2n) is 5.84. The minimum absolute atomic E-state index is 0.829. The second-order valence-corrected chi connectivity index (χ2v) is 5.84. The summed E-state index contributed by atoms with van der Waals surface area (Å²) in [4.78, 5) is 70.6. The van der Waals surface area contributed by atoms with Crippen molar-refractivity contribution in [3.05, 3.63) is 20.2 Å². The summed E-state index contributed by atoms with van der Waals surface area (Å²) in [5.74, 6) is -9.74. The van der Waals surface area contributed by atoms with Gasteiger partial charge in [-0.05, 0) is 0 Å². The van der Waals surface area contributed by atoms with E-state index in [4.69, 9.17) is 0 Å². The van der Waals surface area contributed by atoms with Crippen LogP contribution in [-0.4, -0.2) is 75.3 Å². The summed E-state index contributed by atoms with van der Waals surface area (Å²) >= 11 is 0. The molecule has 0 heterocycles. The molecule has 0 saturated heterocycles. The molecule has 1 fully saturated rings. The quantitative estimate of drug-likeness (QED) is 0.148. The van der Waals surface area contributed by atoms with Crippen LogP contribution in [0.25, 0.3) is 0 Å². The largest absolute Gasteiger partial charge is 0.468 e. The van der Waals surface area contributed by atoms with E-state index in [1.807, 2.05) is 0 Å². The van der Waals surface area contributed by atoms with Crippen molar-refractivity contribution in [3.63, 3.8) is 0 Å². The molecule has 14 nitrogen and oxygen atoms in total. The maximum Gasteiger partial charge on any atom is 0.324 e. The zero-order chi connectivity index (χ0) is 21.9. The van der Waals surface area contributed by atoms with Crippen molar-refractivity contribution >= 4 is 23.9 Å². The minimum Gasteiger partial charge on any atom is -0.468 e. The molecule has 0 amide bonds. The lowest BCUT2D eigenvalue weighted by Gasteiger charge is -2.57. The van der Waals surface area contributed by atoms with E-state index < -0.39 is 69.5 Å². The van der Waals surface area contributed by atoms with Crippen LogP contribution < -0.4 is 0 Å². The molecular formula is C14H18N2O12. The summed E-state index contributed by atoms with van der Waals surface area (Å²) in [5, 5.41) is 22.4. The van der Waals surface area contributed by atoms with Crippen molar-refractivity contribution in [1.29, 1.82) is 0 Å². The Kier molecular flexibility index (Phi) is 6.61. The van der Waals surface area contributed by atoms with Crippen molar-refractivity contribution in [3.8, 4) is 0 Å². The van der Waals surface area contributed by atoms with Gasteiger partial charge in [-0.1, -0.05) is 0 Å². The molecule has 0 aromatic heterocycles. The fourth-order valence-corrected chi connectivity index (χ4v) is 3.96. The molecule has 1 rings (SSSR count). The standard InChI is InChI=1S/C14H18N2O12/c1-25-9(17)13(10(18)26-2)7(5-15(21)22)14(11(19)27-3,12(20)28-4)8(13)6-16(23)24/h7-8H,5-6H2,1-4H3. The Bertz CT molecular complexity index is 613. The van der Waals surface area contributed by atoms with Crippen molar-refractivity contribution in [2.45, 2.75) is 0 Å². The fraction of sp³-hybridized carbons (Fsp3) is 0.714. The molecule has 0 aliphatic heterocycles. The monoisotopic (exact) mass is 406 g/mol. The predicted octanol–water partition coefficient (Wildman–Crippen LogP) is -1.55. The Morgan fingerprint density at radius 3 is 1.04 bits per heavy atom. The van der Waals surface area contributed by atoms with Gasteiger partial charge in [0.15, 0.2) is 10.8 Å². The van der Waals surface area contributed by atoms with E-state index in [0.29, 0.717) is 0 Å². The smallest absolute Gasteiger partial charge is 0.324 e. The number of hydrogen-bond acceptors (Lipinski definition) is 12. The summed E-state index contributed by atoms with van der Waals surface area (Å²) in [7, 11) is 3.32. The highest BCUT2D eigenvalue weighted by Crippen LogP contribution is 2.66. The van der Waals surface area contributed by atoms with Gasteiger partial charge in [0, 0.05) is 9.85 Å². The number of methoxy groups -OCH3 is 4. The molecule has 0 spiro atoms. The van der Waals surface area contributed by atoms with Gasteiger partial charge >= 0.3 is 23.9 Å². The Hall–Kier alpha value is -3.32. The maximum absolute atomic E-state index is 12.5. The van der Waals surface area contributed by atoms with E-state index in [1.54, 1.807) is 0 Å². The highest BCUT2D eigenvalue weighted by Gasteiger charge is 2.88. The van der Waals surface area contributed by atoms with E-state index in [0.717, 1.165) is 28.4 Å². The van der Waals surface area contributed by atoms with Crippen LogP contribution in [0.15, 0.2) is 0 Å². The van der Waals surface area contributed by atoms with Crippen LogP contribution in [0.5, 0.6) is 0 Å². The third-order valence-electron chi connectivity index (χ3n) is 4.95. The topological polar surface area (TPSA) is 191 Å². The van der Waals surface area contributed by atoms with Crippen LogP contribution in [0.1, 0.15) is 0 Å². The average Bonchev–Trinajstić information content (AvgIpc) is 2.65. The number of nitrogens with zero attached hydrogens (tertiary/aromatic N) is 2. The van der Waals surface area contributed by atoms with E-state index in [9.17, 15) is 39.4 Å². The zero-order valence-electron chi connectivity index (χ0n) is 15.4. The summed E-state index contributed by atoms with van der Waals surface area (Å²) in [6.45, 7) is -2.55. The van der Waals surface area contributed by atoms with Crippen LogP contribution in [0.3, 0.4) is 0 Å². The Balaban J connectivity index is 3.96. The van der Waals surface area contributed by atoms with E-state index >= 15 is 0 Å². The molecule has 0 aromatic carbocycles. The second kappa shape index (κ2) is 8.14. The highest BCUT2D eigenvalue weighted by molar-refractivity contribution is 6.12. The number of carbonyl (C=O) groups is 4. The van der Waals surface area contributed by atoms with Gasteiger partial charge in [-0.3, -0.25) is 39.4 Å². The molecule has 28 heavy (non-hydrogen) atoms. The van der Waals surface area contributed by atoms with Gasteiger partial charge in [-0.15, -0.1) is 0 Å². The first-order chi connectivity index (χ1) is 13.0. The summed E-state index contributed by atoms with van der Waals surface area (Å²) in [6, 6.07) is 0. The van der Waals surface area contributed by atoms with Gasteiger partial charge in [0.05, 0.1) is 40.3 Å². The molecule has 1 aliphatic carbocycles. The van der Waals surface area contributed by atoms with Crippen LogP contribution in [0.2, 0.25) is 0 Å². The first-order valence-corrected chi connectivity index (χ1v) is 7.60. The fourth-order valence-electron chi connectivity index (χ4n) is 3.96. The normalized spacial score (nSPS) is 21.4. The van der Waals surface area contributed by atoms with Gasteiger partial charge in [0.2, 0.25) is 13.1 Å². The molecule has 0 radical (unpaired) electrons. The SMILES string of the molecule is COC(=O)C1(C(=O)OC)C(C[N+](=O)[O-])C(C(=O)OC)(C(=O)OC)C1C[N+](=O)[O-]. The molecule has 14 heteroatoms. The van der Waals surface area contributed by atoms with E-state index in [2.05, 4.69) is 18.9 Å². The summed E-state index contributed by atoms with van der Waals surface area (Å²) < 4.78 is 18.1. The zero-order valence-corrected chi connectivity index (χ0v) is 15.4. The van der Waals surface area contributed by atoms with E-state index in [-0.39, 0.29) is 0 Å². The molecule has 0 atom stereocenters. The van der Waals surface area contributed by atoms with Crippen LogP contribution in [0.4, 0.5) is 0 Å². The van der Waals surface area contributed by atoms with Crippen molar-refractivity contribution < 1.29 is 48.0 Å². The molecule has 0 N–H and O–H groups in total. The van der Waals surface area contributed by atoms with Gasteiger partial charge in [-0.25, -0.2) is 0 Å². The van der Waals surface area contributed by atoms with Crippen LogP contribution in [-0.2, 0) is 38.1 Å². The molecule has 1 aliphatic rings. The van der Waals surface area contributed by atoms with Crippen LogP contribution in [0, 0.1) is 42.9 Å². The van der Waals surface area contributed by atoms with Crippen molar-refractivity contribution in [2.75, 3.05) is 41.5 Å². The van der Waals surface area contributed by atoms with Crippen molar-refractivity contribution in [1.82, 2.24) is 0 Å². The van der Waals surface area contributed by atoms with E-state index in [1.165, 1.54) is 0 Å². The number of esters is 4. The first kappa shape index (κ1) is 22.7. The lowest BCUT2D eigenvalue weighted by molar-refractivity contribution is -0.522. The van der Waals surface area contributed by atoms with Crippen molar-refractivity contribution in [2.24, 2.45) is 22.7 Å². The number of carbonyl (C=O) groups excluding carboxylic acids is 4. The Morgan fingerprint density at radius 2 is 0.893 bits per heavy atom. The third kappa shape index (κ3) is 2.90. The number of hydrogen-bond donors (Lipinski definition) is 0. The van der Waals surface area contributed by atoms with Gasteiger partial charge in [-0.2, -0.15) is 0 Å².